The van der Waals surface area contributed by atoms with Gasteiger partial charge in [-0.2, -0.15) is 0 Å². The molecule has 1 amide bonds. The van der Waals surface area contributed by atoms with E-state index in [0.29, 0.717) is 23.6 Å². The molecule has 2 N–H and O–H groups in total. The van der Waals surface area contributed by atoms with Crippen molar-refractivity contribution in [1.29, 1.82) is 0 Å². The van der Waals surface area contributed by atoms with Crippen LogP contribution in [0, 0.1) is 0 Å². The molecule has 5 rings (SSSR count). The highest BCUT2D eigenvalue weighted by atomic mass is 35.5. The van der Waals surface area contributed by atoms with Crippen molar-refractivity contribution in [3.05, 3.63) is 82.9 Å². The Hall–Kier alpha value is -3.51. The van der Waals surface area contributed by atoms with Crippen LogP contribution in [0.2, 0.25) is 5.02 Å². The molecule has 34 heavy (non-hydrogen) atoms. The van der Waals surface area contributed by atoms with E-state index in [1.165, 1.54) is 4.90 Å². The Morgan fingerprint density at radius 1 is 1.12 bits per heavy atom. The number of fused-ring (bicyclic) bond motifs is 2. The third kappa shape index (κ3) is 3.68. The molecule has 0 saturated heterocycles. The van der Waals surface area contributed by atoms with Crippen LogP contribution in [0.4, 0.5) is 0 Å². The molecule has 3 aromatic carbocycles. The van der Waals surface area contributed by atoms with Crippen LogP contribution in [0.15, 0.2) is 71.7 Å². The molecule has 6 nitrogen and oxygen atoms in total. The van der Waals surface area contributed by atoms with Crippen LogP contribution in [0.5, 0.6) is 11.5 Å². The van der Waals surface area contributed by atoms with E-state index in [9.17, 15) is 4.79 Å². The largest absolute Gasteiger partial charge is 0.497 e. The van der Waals surface area contributed by atoms with Gasteiger partial charge in [0, 0.05) is 30.5 Å². The molecule has 0 fully saturated rings. The molecule has 2 heterocycles. The number of carbonyl (C=O) groups excluding carboxylic acids is 1. The maximum Gasteiger partial charge on any atom is 0.261 e. The van der Waals surface area contributed by atoms with Crippen molar-refractivity contribution in [2.75, 3.05) is 14.2 Å². The Labute approximate surface area is 204 Å². The van der Waals surface area contributed by atoms with Gasteiger partial charge in [0.25, 0.3) is 5.91 Å². The molecule has 2 atom stereocenters. The minimum atomic E-state index is -1.15. The minimum absolute atomic E-state index is 0.154. The predicted molar refractivity (Wildman–Crippen MR) is 133 cm³/mol. The third-order valence-corrected chi connectivity index (χ3v) is 6.85. The number of rotatable bonds is 4. The molecule has 3 aromatic rings. The van der Waals surface area contributed by atoms with Crippen molar-refractivity contribution in [2.45, 2.75) is 30.9 Å². The molecule has 1 unspecified atom stereocenters. The number of amides is 1. The number of nitrogens with two attached hydrogens (primary N) is 1. The van der Waals surface area contributed by atoms with Crippen LogP contribution in [-0.4, -0.2) is 36.5 Å². The average Bonchev–Trinajstić information content (AvgIpc) is 3.02. The van der Waals surface area contributed by atoms with Gasteiger partial charge in [-0.05, 0) is 60.0 Å². The molecule has 2 aliphatic heterocycles. The van der Waals surface area contributed by atoms with Crippen LogP contribution in [0.25, 0.3) is 11.1 Å². The van der Waals surface area contributed by atoms with Gasteiger partial charge in [-0.25, -0.2) is 4.99 Å². The first kappa shape index (κ1) is 22.3. The summed E-state index contributed by atoms with van der Waals surface area (Å²) in [5.41, 5.74) is 8.00. The normalized spacial score (nSPS) is 23.5. The van der Waals surface area contributed by atoms with Gasteiger partial charge in [0.05, 0.1) is 7.11 Å². The molecular weight excluding hydrogens is 450 g/mol. The van der Waals surface area contributed by atoms with E-state index >= 15 is 0 Å². The summed E-state index contributed by atoms with van der Waals surface area (Å²) < 4.78 is 11.8. The summed E-state index contributed by atoms with van der Waals surface area (Å²) in [6.45, 7) is 2.02. The number of hydrogen-bond acceptors (Lipinski definition) is 5. The summed E-state index contributed by atoms with van der Waals surface area (Å²) in [5.74, 6) is 1.48. The summed E-state index contributed by atoms with van der Waals surface area (Å²) in [6.07, 6.45) is 0.961. The Morgan fingerprint density at radius 3 is 2.50 bits per heavy atom. The second-order valence-corrected chi connectivity index (χ2v) is 9.61. The van der Waals surface area contributed by atoms with E-state index in [1.807, 2.05) is 73.7 Å². The van der Waals surface area contributed by atoms with E-state index in [2.05, 4.69) is 0 Å². The number of likely N-dealkylation sites (N-methyl/N-ethyl adjacent to an activating group) is 1. The summed E-state index contributed by atoms with van der Waals surface area (Å²) >= 11 is 6.22. The molecule has 1 spiro atoms. The zero-order chi connectivity index (χ0) is 24.1. The lowest BCUT2D eigenvalue weighted by molar-refractivity contribution is -0.133. The molecular formula is C27H26ClN3O3. The Balaban J connectivity index is 1.60. The van der Waals surface area contributed by atoms with Crippen LogP contribution in [0.3, 0.4) is 0 Å². The Bertz CT molecular complexity index is 1310. The average molecular weight is 476 g/mol. The highest BCUT2D eigenvalue weighted by Crippen LogP contribution is 2.50. The van der Waals surface area contributed by atoms with E-state index in [1.54, 1.807) is 14.2 Å². The van der Waals surface area contributed by atoms with Gasteiger partial charge in [0.1, 0.15) is 17.1 Å². The molecule has 0 saturated carbocycles. The highest BCUT2D eigenvalue weighted by molar-refractivity contribution is 6.30. The number of ether oxygens (including phenoxy) is 2. The maximum absolute atomic E-state index is 13.6. The Kier molecular flexibility index (Phi) is 5.29. The van der Waals surface area contributed by atoms with Crippen molar-refractivity contribution in [3.8, 4) is 22.6 Å². The second-order valence-electron chi connectivity index (χ2n) is 9.17. The third-order valence-electron chi connectivity index (χ3n) is 6.61. The molecule has 174 valence electrons. The van der Waals surface area contributed by atoms with Gasteiger partial charge in [-0.3, -0.25) is 9.69 Å². The van der Waals surface area contributed by atoms with Gasteiger partial charge in [-0.15, -0.1) is 0 Å². The van der Waals surface area contributed by atoms with E-state index in [-0.39, 0.29) is 11.9 Å². The molecule has 0 aliphatic carbocycles. The van der Waals surface area contributed by atoms with Gasteiger partial charge in [0.15, 0.2) is 11.5 Å². The Morgan fingerprint density at radius 2 is 1.85 bits per heavy atom. The lowest BCUT2D eigenvalue weighted by Gasteiger charge is -2.43. The van der Waals surface area contributed by atoms with Crippen LogP contribution in [-0.2, 0) is 16.8 Å². The number of methoxy groups -OCH3 is 1. The fourth-order valence-electron chi connectivity index (χ4n) is 4.99. The summed E-state index contributed by atoms with van der Waals surface area (Å²) in [6, 6.07) is 21.4. The zero-order valence-electron chi connectivity index (χ0n) is 19.3. The number of hydrogen-bond donors (Lipinski definition) is 1. The molecule has 0 radical (unpaired) electrons. The van der Waals surface area contributed by atoms with E-state index in [4.69, 9.17) is 31.8 Å². The second kappa shape index (κ2) is 8.06. The standard InChI is InChI=1S/C27H26ClN3O3/c1-26(15-17-7-10-21(33-3)11-8-17)16-27(24(32)31(2)25(29)30-27)22-14-19(9-12-23(22)34-26)18-5-4-6-20(28)13-18/h4-14H,15-16H2,1-3H3,(H2,29,30)/t26-,27?/m0/s1. The molecule has 7 heteroatoms. The van der Waals surface area contributed by atoms with Crippen molar-refractivity contribution in [3.63, 3.8) is 0 Å². The van der Waals surface area contributed by atoms with E-state index in [0.717, 1.165) is 28.0 Å². The smallest absolute Gasteiger partial charge is 0.261 e. The predicted octanol–water partition coefficient (Wildman–Crippen LogP) is 4.78. The first-order chi connectivity index (χ1) is 16.2. The van der Waals surface area contributed by atoms with Crippen molar-refractivity contribution < 1.29 is 14.3 Å². The number of halogens is 1. The quantitative estimate of drug-likeness (QED) is 0.589. The first-order valence-corrected chi connectivity index (χ1v) is 11.5. The van der Waals surface area contributed by atoms with Crippen LogP contribution < -0.4 is 15.2 Å². The van der Waals surface area contributed by atoms with Crippen molar-refractivity contribution in [2.24, 2.45) is 10.7 Å². The summed E-state index contributed by atoms with van der Waals surface area (Å²) in [5, 5.41) is 0.646. The highest BCUT2D eigenvalue weighted by Gasteiger charge is 2.56. The van der Waals surface area contributed by atoms with Crippen LogP contribution in [0.1, 0.15) is 24.5 Å². The SMILES string of the molecule is COc1ccc(C[C@@]2(C)CC3(N=C(N)N(C)C3=O)c3cc(-c4cccc(Cl)c4)ccc3O2)cc1. The first-order valence-electron chi connectivity index (χ1n) is 11.1. The topological polar surface area (TPSA) is 77.2 Å². The maximum atomic E-state index is 13.6. The van der Waals surface area contributed by atoms with Gasteiger partial charge < -0.3 is 15.2 Å². The van der Waals surface area contributed by atoms with Crippen molar-refractivity contribution in [1.82, 2.24) is 4.90 Å². The monoisotopic (exact) mass is 475 g/mol. The number of guanidine groups is 1. The van der Waals surface area contributed by atoms with Gasteiger partial charge in [-0.1, -0.05) is 41.9 Å². The van der Waals surface area contributed by atoms with Crippen LogP contribution >= 0.6 is 11.6 Å². The lowest BCUT2D eigenvalue weighted by Crippen LogP contribution is -2.51. The summed E-state index contributed by atoms with van der Waals surface area (Å²) in [7, 11) is 3.30. The number of benzene rings is 3. The lowest BCUT2D eigenvalue weighted by atomic mass is 9.74. The zero-order valence-corrected chi connectivity index (χ0v) is 20.1. The number of aliphatic imine (C=N–C) groups is 1. The van der Waals surface area contributed by atoms with Gasteiger partial charge >= 0.3 is 0 Å². The number of nitrogens with zero attached hydrogens (tertiary/aromatic N) is 2. The fraction of sp³-hybridized carbons (Fsp3) is 0.259. The summed E-state index contributed by atoms with van der Waals surface area (Å²) in [4.78, 5) is 19.8. The van der Waals surface area contributed by atoms with Crippen molar-refractivity contribution >= 4 is 23.5 Å². The minimum Gasteiger partial charge on any atom is -0.497 e. The van der Waals surface area contributed by atoms with Gasteiger partial charge in [0.2, 0.25) is 0 Å². The number of carbonyl (C=O) groups is 1. The molecule has 0 aromatic heterocycles. The molecule has 0 bridgehead atoms. The fourth-order valence-corrected chi connectivity index (χ4v) is 5.18. The molecule has 2 aliphatic rings. The van der Waals surface area contributed by atoms with E-state index < -0.39 is 11.1 Å².